The molecule has 0 aliphatic rings. The molecule has 9 heteroatoms. The van der Waals surface area contributed by atoms with Crippen LogP contribution in [0, 0.1) is 52.3 Å². The van der Waals surface area contributed by atoms with Gasteiger partial charge in [0.25, 0.3) is 0 Å². The van der Waals surface area contributed by atoms with E-state index >= 15 is 0 Å². The van der Waals surface area contributed by atoms with Gasteiger partial charge in [0.05, 0.1) is 0 Å². The highest BCUT2D eigenvalue weighted by Crippen LogP contribution is 2.30. The molecule has 320 valence electrons. The first kappa shape index (κ1) is 50.8. The summed E-state index contributed by atoms with van der Waals surface area (Å²) in [6, 6.07) is 46.6. The molecule has 0 heterocycles. The van der Waals surface area contributed by atoms with Crippen LogP contribution in [0.1, 0.15) is 86.1 Å². The van der Waals surface area contributed by atoms with Gasteiger partial charge in [0.2, 0.25) is 0 Å². The Bertz CT molecular complexity index is 2380. The van der Waals surface area contributed by atoms with Crippen molar-refractivity contribution in [3.8, 4) is 22.3 Å². The summed E-state index contributed by atoms with van der Waals surface area (Å²) in [5.74, 6) is 0. The third-order valence-electron chi connectivity index (χ3n) is 9.18. The zero-order valence-electron chi connectivity index (χ0n) is 36.6. The fourth-order valence-corrected chi connectivity index (χ4v) is 9.76. The molecule has 3 nitrogen and oxygen atoms in total. The van der Waals surface area contributed by atoms with Crippen molar-refractivity contribution >= 4 is 32.7 Å². The molecular weight excluding hydrogens is 1000 g/mol. The Balaban J connectivity index is 0.000000241. The van der Waals surface area contributed by atoms with Crippen molar-refractivity contribution in [2.24, 2.45) is 0 Å². The second-order valence-electron chi connectivity index (χ2n) is 17.1. The number of hydrogen-bond acceptors (Lipinski definition) is 3. The topological polar surface area (TPSA) is 57.2 Å². The van der Waals surface area contributed by atoms with E-state index < -0.39 is 15.6 Å². The Morgan fingerprint density at radius 1 is 0.500 bits per heavy atom. The molecule has 0 radical (unpaired) electrons. The molecule has 6 aromatic rings. The Labute approximate surface area is 381 Å². The maximum absolute atomic E-state index is 10.7. The minimum Gasteiger partial charge on any atom is -0.741 e. The van der Waals surface area contributed by atoms with Gasteiger partial charge in [-0.3, -0.25) is 0 Å². The average molecular weight is 1060 g/mol. The van der Waals surface area contributed by atoms with Gasteiger partial charge in [-0.15, -0.1) is 0 Å². The highest BCUT2D eigenvalue weighted by atomic mass is 127. The summed E-state index contributed by atoms with van der Waals surface area (Å²) in [7, 11) is -6.09. The number of hydrogen-bond donors (Lipinski definition) is 0. The van der Waals surface area contributed by atoms with E-state index in [4.69, 9.17) is 13.0 Å². The average Bonchev–Trinajstić information content (AvgIpc) is 3.12. The molecule has 6 aromatic carbocycles. The van der Waals surface area contributed by atoms with Crippen molar-refractivity contribution in [1.29, 1.82) is 0 Å². The van der Waals surface area contributed by atoms with E-state index in [0.29, 0.717) is 0 Å². The molecule has 0 spiro atoms. The Hall–Kier alpha value is -3.52. The van der Waals surface area contributed by atoms with Gasteiger partial charge in [0, 0.05) is 14.7 Å². The lowest BCUT2D eigenvalue weighted by molar-refractivity contribution is -0.598. The molecule has 0 aromatic heterocycles. The minimum atomic E-state index is -6.09. The van der Waals surface area contributed by atoms with Crippen LogP contribution in [0.5, 0.6) is 0 Å². The van der Waals surface area contributed by atoms with Crippen LogP contribution in [0.25, 0.3) is 22.3 Å². The Morgan fingerprint density at radius 3 is 1.22 bits per heavy atom. The van der Waals surface area contributed by atoms with Crippen molar-refractivity contribution in [1.82, 2.24) is 0 Å². The largest absolute Gasteiger partial charge is 0.741 e. The molecule has 0 saturated heterocycles. The zero-order valence-corrected chi connectivity index (χ0v) is 41.8. The number of alkyl halides is 3. The van der Waals surface area contributed by atoms with E-state index in [1.165, 1.54) is 73.9 Å². The Kier molecular flexibility index (Phi) is 18.2. The van der Waals surface area contributed by atoms with E-state index in [1.54, 1.807) is 3.57 Å². The highest BCUT2D eigenvalue weighted by molar-refractivity contribution is 14.1. The maximum atomic E-state index is 10.7. The summed E-state index contributed by atoms with van der Waals surface area (Å²) < 4.78 is 63.3. The van der Waals surface area contributed by atoms with Crippen LogP contribution >= 0.6 is 22.6 Å². The van der Waals surface area contributed by atoms with E-state index in [-0.39, 0.29) is 32.0 Å². The van der Waals surface area contributed by atoms with Crippen LogP contribution in [0.4, 0.5) is 13.2 Å². The van der Waals surface area contributed by atoms with Gasteiger partial charge in [-0.05, 0) is 133 Å². The third-order valence-corrected chi connectivity index (χ3v) is 13.9. The molecule has 0 unspecified atom stereocenters. The first-order valence-corrected chi connectivity index (χ1v) is 24.2. The minimum absolute atomic E-state index is 0.153. The Morgan fingerprint density at radius 2 is 0.850 bits per heavy atom. The lowest BCUT2D eigenvalue weighted by Gasteiger charge is -2.20. The lowest BCUT2D eigenvalue weighted by atomic mass is 9.85. The van der Waals surface area contributed by atoms with Gasteiger partial charge in [-0.2, -0.15) is 13.2 Å². The van der Waals surface area contributed by atoms with Gasteiger partial charge < -0.3 is 4.55 Å². The monoisotopic (exact) mass is 1060 g/mol. The number of rotatable bonds is 4. The van der Waals surface area contributed by atoms with Gasteiger partial charge >= 0.3 is 26.7 Å². The third kappa shape index (κ3) is 16.4. The summed E-state index contributed by atoms with van der Waals surface area (Å²) in [5, 5.41) is 0. The van der Waals surface area contributed by atoms with Crippen LogP contribution in [0.3, 0.4) is 0 Å². The van der Waals surface area contributed by atoms with Gasteiger partial charge in [-0.1, -0.05) is 167 Å². The van der Waals surface area contributed by atoms with Crippen molar-refractivity contribution in [3.05, 3.63) is 183 Å². The van der Waals surface area contributed by atoms with E-state index in [1.807, 2.05) is 0 Å². The fraction of sp³-hybridized carbons (Fsp3) is 0.294. The van der Waals surface area contributed by atoms with Crippen LogP contribution in [-0.4, -0.2) is 18.5 Å². The van der Waals surface area contributed by atoms with E-state index in [2.05, 4.69) is 233 Å². The van der Waals surface area contributed by atoms with Crippen LogP contribution in [0.2, 0.25) is 0 Å². The van der Waals surface area contributed by atoms with Gasteiger partial charge in [0.15, 0.2) is 17.3 Å². The summed E-state index contributed by atoms with van der Waals surface area (Å²) in [6.07, 6.45) is 0. The second kappa shape index (κ2) is 21.5. The molecule has 0 aliphatic carbocycles. The number of benzene rings is 6. The van der Waals surface area contributed by atoms with Crippen molar-refractivity contribution in [2.45, 2.75) is 99.4 Å². The van der Waals surface area contributed by atoms with Crippen molar-refractivity contribution in [3.63, 3.8) is 0 Å². The van der Waals surface area contributed by atoms with E-state index in [9.17, 15) is 13.2 Å². The molecule has 0 amide bonds. The zero-order chi connectivity index (χ0) is 45.2. The predicted octanol–water partition coefficient (Wildman–Crippen LogP) is 11.6. The SMILES string of the molecule is CC(C)(C)c1cc(I)cc(-c2ccccc2)c1.Cc1cc(C)c([I+]c2cc(-c3ccccc3)cc(C(C)(C)C)c2)c(C)c1.Cc1cc(C)cc(C)c1.O=S(=O)([O-])C(F)(F)F. The molecule has 0 bridgehead atoms. The summed E-state index contributed by atoms with van der Waals surface area (Å²) in [6.45, 7) is 26.8. The first-order chi connectivity index (χ1) is 27.6. The molecule has 0 atom stereocenters. The van der Waals surface area contributed by atoms with Crippen LogP contribution < -0.4 is 21.2 Å². The first-order valence-electron chi connectivity index (χ1n) is 19.5. The fourth-order valence-electron chi connectivity index (χ4n) is 6.32. The molecule has 6 rings (SSSR count). The lowest BCUT2D eigenvalue weighted by Crippen LogP contribution is -3.62. The highest BCUT2D eigenvalue weighted by Gasteiger charge is 2.37. The molecule has 0 fully saturated rings. The standard InChI is InChI=1S/C25H28I.C16H17I.C9H12.CHF3O3S/c1-17-12-18(2)24(19(3)13-17)26-23-15-21(20-10-8-7-9-11-20)14-22(16-23)25(4,5)6;1-16(2,3)14-9-13(10-15(17)11-14)12-7-5-4-6-8-12;1-7-4-8(2)6-9(3)5-7;2-1(3,4)8(5,6)7/h7-16H,1-6H3;4-11H,1-3H3;4-6H,1-3H3;(H,5,6,7)/q+1;;;/p-1. The van der Waals surface area contributed by atoms with E-state index in [0.717, 1.165) is 0 Å². The van der Waals surface area contributed by atoms with Crippen molar-refractivity contribution < 1.29 is 47.3 Å². The van der Waals surface area contributed by atoms with Gasteiger partial charge in [-0.25, -0.2) is 8.42 Å². The quantitative estimate of drug-likeness (QED) is 0.100. The summed E-state index contributed by atoms with van der Waals surface area (Å²) in [4.78, 5) is 0. The van der Waals surface area contributed by atoms with Crippen molar-refractivity contribution in [2.75, 3.05) is 0 Å². The maximum Gasteiger partial charge on any atom is 0.485 e. The molecule has 60 heavy (non-hydrogen) atoms. The summed E-state index contributed by atoms with van der Waals surface area (Å²) in [5.41, 5.74) is 11.1. The predicted molar refractivity (Wildman–Crippen MR) is 248 cm³/mol. The van der Waals surface area contributed by atoms with Crippen LogP contribution in [0.15, 0.2) is 127 Å². The molecule has 0 N–H and O–H groups in total. The van der Waals surface area contributed by atoms with Gasteiger partial charge in [0.1, 0.15) is 0 Å². The second-order valence-corrected chi connectivity index (χ2v) is 22.5. The molecule has 0 aliphatic heterocycles. The molecule has 0 saturated carbocycles. The smallest absolute Gasteiger partial charge is 0.485 e. The summed E-state index contributed by atoms with van der Waals surface area (Å²) >= 11 is 2.20. The molecular formula is C51H57F3I2O3S. The number of halogens is 5. The normalized spacial score (nSPS) is 11.6. The number of aryl methyl sites for hydroxylation is 6. The van der Waals surface area contributed by atoms with Crippen LogP contribution in [-0.2, 0) is 20.9 Å².